The van der Waals surface area contributed by atoms with E-state index < -0.39 is 0 Å². The summed E-state index contributed by atoms with van der Waals surface area (Å²) in [5.74, 6) is 0.863. The van der Waals surface area contributed by atoms with Gasteiger partial charge in [-0.1, -0.05) is 24.3 Å². The number of benzene rings is 2. The van der Waals surface area contributed by atoms with Crippen molar-refractivity contribution in [2.75, 3.05) is 7.11 Å². The highest BCUT2D eigenvalue weighted by Gasteiger charge is 2.01. The smallest absolute Gasteiger partial charge is 0.118 e. The first-order chi connectivity index (χ1) is 8.86. The van der Waals surface area contributed by atoms with Crippen LogP contribution in [0.2, 0.25) is 0 Å². The van der Waals surface area contributed by atoms with Gasteiger partial charge in [0, 0.05) is 11.6 Å². The number of ether oxygens (including phenoxy) is 1. The van der Waals surface area contributed by atoms with E-state index in [9.17, 15) is 0 Å². The SMILES string of the molecule is COc1ccc(-c2ccc3cncnc3c2)cc1. The summed E-state index contributed by atoms with van der Waals surface area (Å²) in [4.78, 5) is 8.28. The molecule has 1 aromatic heterocycles. The van der Waals surface area contributed by atoms with Crippen LogP contribution < -0.4 is 4.74 Å². The minimum absolute atomic E-state index is 0.863. The molecule has 2 aromatic carbocycles. The summed E-state index contributed by atoms with van der Waals surface area (Å²) in [5, 5.41) is 1.05. The molecule has 0 saturated heterocycles. The van der Waals surface area contributed by atoms with E-state index >= 15 is 0 Å². The quantitative estimate of drug-likeness (QED) is 0.684. The summed E-state index contributed by atoms with van der Waals surface area (Å²) >= 11 is 0. The molecule has 0 aliphatic heterocycles. The van der Waals surface area contributed by atoms with Gasteiger partial charge in [0.2, 0.25) is 0 Å². The third kappa shape index (κ3) is 1.91. The second kappa shape index (κ2) is 4.45. The fourth-order valence-electron chi connectivity index (χ4n) is 1.94. The molecule has 3 rings (SSSR count). The maximum absolute atomic E-state index is 5.15. The molecule has 1 heterocycles. The first-order valence-electron chi connectivity index (χ1n) is 5.71. The lowest BCUT2D eigenvalue weighted by molar-refractivity contribution is 0.415. The summed E-state index contributed by atoms with van der Waals surface area (Å²) in [7, 11) is 1.67. The lowest BCUT2D eigenvalue weighted by Gasteiger charge is -2.04. The molecule has 0 saturated carbocycles. The Morgan fingerprint density at radius 1 is 0.944 bits per heavy atom. The van der Waals surface area contributed by atoms with Crippen LogP contribution in [0.25, 0.3) is 22.0 Å². The highest BCUT2D eigenvalue weighted by atomic mass is 16.5. The zero-order valence-electron chi connectivity index (χ0n) is 10.00. The van der Waals surface area contributed by atoms with Crippen molar-refractivity contribution in [2.24, 2.45) is 0 Å². The van der Waals surface area contributed by atoms with Gasteiger partial charge in [0.05, 0.1) is 12.6 Å². The van der Waals surface area contributed by atoms with Crippen LogP contribution in [0.15, 0.2) is 55.0 Å². The fraction of sp³-hybridized carbons (Fsp3) is 0.0667. The number of hydrogen-bond acceptors (Lipinski definition) is 3. The molecule has 0 atom stereocenters. The van der Waals surface area contributed by atoms with Gasteiger partial charge in [0.25, 0.3) is 0 Å². The van der Waals surface area contributed by atoms with Crippen LogP contribution in [-0.4, -0.2) is 17.1 Å². The molecule has 0 amide bonds. The molecule has 18 heavy (non-hydrogen) atoms. The van der Waals surface area contributed by atoms with Crippen LogP contribution in [0.5, 0.6) is 5.75 Å². The number of aromatic nitrogens is 2. The van der Waals surface area contributed by atoms with Crippen molar-refractivity contribution in [3.8, 4) is 16.9 Å². The minimum Gasteiger partial charge on any atom is -0.497 e. The van der Waals surface area contributed by atoms with Crippen LogP contribution in [0.3, 0.4) is 0 Å². The van der Waals surface area contributed by atoms with Gasteiger partial charge in [-0.3, -0.25) is 0 Å². The molecule has 3 heteroatoms. The number of methoxy groups -OCH3 is 1. The van der Waals surface area contributed by atoms with Crippen molar-refractivity contribution in [2.45, 2.75) is 0 Å². The molecule has 88 valence electrons. The van der Waals surface area contributed by atoms with Crippen LogP contribution in [0.4, 0.5) is 0 Å². The Hall–Kier alpha value is -2.42. The Morgan fingerprint density at radius 2 is 1.72 bits per heavy atom. The largest absolute Gasteiger partial charge is 0.497 e. The van der Waals surface area contributed by atoms with Gasteiger partial charge in [0.1, 0.15) is 12.1 Å². The van der Waals surface area contributed by atoms with E-state index in [1.807, 2.05) is 36.5 Å². The average Bonchev–Trinajstić information content (AvgIpc) is 2.47. The third-order valence-electron chi connectivity index (χ3n) is 2.93. The highest BCUT2D eigenvalue weighted by Crippen LogP contribution is 2.24. The molecule has 0 radical (unpaired) electrons. The van der Waals surface area contributed by atoms with E-state index in [1.165, 1.54) is 0 Å². The van der Waals surface area contributed by atoms with E-state index in [2.05, 4.69) is 22.1 Å². The summed E-state index contributed by atoms with van der Waals surface area (Å²) in [6, 6.07) is 14.2. The predicted octanol–water partition coefficient (Wildman–Crippen LogP) is 3.31. The van der Waals surface area contributed by atoms with Gasteiger partial charge in [-0.05, 0) is 29.3 Å². The minimum atomic E-state index is 0.863. The summed E-state index contributed by atoms with van der Waals surface area (Å²) in [6.07, 6.45) is 3.39. The number of hydrogen-bond donors (Lipinski definition) is 0. The normalized spacial score (nSPS) is 10.5. The fourth-order valence-corrected chi connectivity index (χ4v) is 1.94. The number of fused-ring (bicyclic) bond motifs is 1. The van der Waals surface area contributed by atoms with Crippen molar-refractivity contribution in [1.82, 2.24) is 9.97 Å². The molecular weight excluding hydrogens is 224 g/mol. The molecule has 0 unspecified atom stereocenters. The van der Waals surface area contributed by atoms with Gasteiger partial charge in [-0.25, -0.2) is 9.97 Å². The van der Waals surface area contributed by atoms with Crippen molar-refractivity contribution in [1.29, 1.82) is 0 Å². The Kier molecular flexibility index (Phi) is 2.65. The zero-order valence-corrected chi connectivity index (χ0v) is 10.00. The van der Waals surface area contributed by atoms with Crippen molar-refractivity contribution >= 4 is 10.9 Å². The standard InChI is InChI=1S/C15H12N2O/c1-18-14-6-4-11(5-7-14)12-2-3-13-9-16-10-17-15(13)8-12/h2-10H,1H3. The Morgan fingerprint density at radius 3 is 2.50 bits per heavy atom. The molecule has 0 fully saturated rings. The first kappa shape index (κ1) is 10.7. The topological polar surface area (TPSA) is 35.0 Å². The average molecular weight is 236 g/mol. The molecule has 0 bridgehead atoms. The molecule has 0 aliphatic carbocycles. The zero-order chi connectivity index (χ0) is 12.4. The van der Waals surface area contributed by atoms with E-state index in [4.69, 9.17) is 4.74 Å². The predicted molar refractivity (Wildman–Crippen MR) is 71.5 cm³/mol. The second-order valence-electron chi connectivity index (χ2n) is 4.02. The summed E-state index contributed by atoms with van der Waals surface area (Å²) < 4.78 is 5.15. The Balaban J connectivity index is 2.07. The maximum atomic E-state index is 5.15. The van der Waals surface area contributed by atoms with Crippen LogP contribution in [0, 0.1) is 0 Å². The molecule has 0 N–H and O–H groups in total. The monoisotopic (exact) mass is 236 g/mol. The lowest BCUT2D eigenvalue weighted by Crippen LogP contribution is -1.84. The number of rotatable bonds is 2. The molecular formula is C15H12N2O. The summed E-state index contributed by atoms with van der Waals surface area (Å²) in [6.45, 7) is 0. The molecule has 3 nitrogen and oxygen atoms in total. The van der Waals surface area contributed by atoms with E-state index in [0.29, 0.717) is 0 Å². The van der Waals surface area contributed by atoms with Gasteiger partial charge in [0.15, 0.2) is 0 Å². The van der Waals surface area contributed by atoms with Crippen molar-refractivity contribution in [3.05, 3.63) is 55.0 Å². The van der Waals surface area contributed by atoms with E-state index in [0.717, 1.165) is 27.8 Å². The lowest BCUT2D eigenvalue weighted by atomic mass is 10.0. The molecule has 3 aromatic rings. The number of nitrogens with zero attached hydrogens (tertiary/aromatic N) is 2. The first-order valence-corrected chi connectivity index (χ1v) is 5.71. The van der Waals surface area contributed by atoms with Crippen molar-refractivity contribution in [3.63, 3.8) is 0 Å². The van der Waals surface area contributed by atoms with Gasteiger partial charge in [-0.2, -0.15) is 0 Å². The third-order valence-corrected chi connectivity index (χ3v) is 2.93. The van der Waals surface area contributed by atoms with Gasteiger partial charge >= 0.3 is 0 Å². The van der Waals surface area contributed by atoms with Crippen LogP contribution in [0.1, 0.15) is 0 Å². The van der Waals surface area contributed by atoms with Gasteiger partial charge < -0.3 is 4.74 Å². The highest BCUT2D eigenvalue weighted by molar-refractivity contribution is 5.83. The second-order valence-corrected chi connectivity index (χ2v) is 4.02. The van der Waals surface area contributed by atoms with Gasteiger partial charge in [-0.15, -0.1) is 0 Å². The van der Waals surface area contributed by atoms with Crippen LogP contribution in [-0.2, 0) is 0 Å². The van der Waals surface area contributed by atoms with E-state index in [-0.39, 0.29) is 0 Å². The Bertz CT molecular complexity index is 677. The van der Waals surface area contributed by atoms with E-state index in [1.54, 1.807) is 13.4 Å². The Labute approximate surface area is 105 Å². The van der Waals surface area contributed by atoms with Crippen molar-refractivity contribution < 1.29 is 4.74 Å². The maximum Gasteiger partial charge on any atom is 0.118 e. The van der Waals surface area contributed by atoms with Crippen LogP contribution >= 0.6 is 0 Å². The molecule has 0 aliphatic rings. The summed E-state index contributed by atoms with van der Waals surface area (Å²) in [5.41, 5.74) is 3.25. The molecule has 0 spiro atoms.